The van der Waals surface area contributed by atoms with Crippen molar-refractivity contribution < 1.29 is 9.53 Å². The van der Waals surface area contributed by atoms with Gasteiger partial charge in [-0.25, -0.2) is 0 Å². The van der Waals surface area contributed by atoms with Gasteiger partial charge in [-0.05, 0) is 44.9 Å². The number of ether oxygens (including phenoxy) is 1. The lowest BCUT2D eigenvalue weighted by molar-refractivity contribution is -0.119. The molecular formula is C16H25ClN2O2. The van der Waals surface area contributed by atoms with Gasteiger partial charge < -0.3 is 15.8 Å². The molecule has 1 rings (SSSR count). The zero-order valence-corrected chi connectivity index (χ0v) is 13.7. The number of carbonyl (C=O) groups excluding carboxylic acids is 1. The molecule has 0 saturated heterocycles. The Hall–Kier alpha value is -1.26. The molecule has 0 radical (unpaired) electrons. The average molecular weight is 313 g/mol. The highest BCUT2D eigenvalue weighted by molar-refractivity contribution is 6.32. The van der Waals surface area contributed by atoms with Crippen LogP contribution in [0.2, 0.25) is 5.02 Å². The van der Waals surface area contributed by atoms with Crippen molar-refractivity contribution in [1.29, 1.82) is 0 Å². The molecule has 0 aliphatic carbocycles. The number of carbonyl (C=O) groups is 1. The predicted octanol–water partition coefficient (Wildman–Crippen LogP) is 3.83. The van der Waals surface area contributed by atoms with Crippen molar-refractivity contribution in [3.63, 3.8) is 0 Å². The number of nitrogens with two attached hydrogens (primary N) is 1. The molecule has 0 bridgehead atoms. The topological polar surface area (TPSA) is 64.3 Å². The second-order valence-corrected chi connectivity index (χ2v) is 5.78. The molecule has 5 heteroatoms. The number of anilines is 1. The minimum Gasteiger partial charge on any atom is -0.492 e. The highest BCUT2D eigenvalue weighted by Crippen LogP contribution is 2.28. The van der Waals surface area contributed by atoms with E-state index in [4.69, 9.17) is 22.1 Å². The van der Waals surface area contributed by atoms with Gasteiger partial charge in [-0.2, -0.15) is 0 Å². The summed E-state index contributed by atoms with van der Waals surface area (Å²) in [5, 5.41) is 3.38. The van der Waals surface area contributed by atoms with E-state index in [0.717, 1.165) is 19.3 Å². The third kappa shape index (κ3) is 6.36. The first-order valence-electron chi connectivity index (χ1n) is 7.42. The van der Waals surface area contributed by atoms with E-state index in [1.807, 2.05) is 20.8 Å². The molecule has 21 heavy (non-hydrogen) atoms. The van der Waals surface area contributed by atoms with Crippen LogP contribution in [0.1, 0.15) is 40.0 Å². The fraction of sp³-hybridized carbons (Fsp3) is 0.562. The summed E-state index contributed by atoms with van der Waals surface area (Å²) in [5.74, 6) is 0.580. The van der Waals surface area contributed by atoms with E-state index < -0.39 is 0 Å². The van der Waals surface area contributed by atoms with Gasteiger partial charge in [-0.3, -0.25) is 4.79 Å². The van der Waals surface area contributed by atoms with Crippen molar-refractivity contribution in [2.45, 2.75) is 46.1 Å². The largest absolute Gasteiger partial charge is 0.492 e. The number of nitrogens with one attached hydrogen (secondary N) is 1. The van der Waals surface area contributed by atoms with Gasteiger partial charge in [-0.15, -0.1) is 0 Å². The summed E-state index contributed by atoms with van der Waals surface area (Å²) in [6.07, 6.45) is 2.72. The van der Waals surface area contributed by atoms with E-state index in [2.05, 4.69) is 5.32 Å². The van der Waals surface area contributed by atoms with E-state index in [9.17, 15) is 4.79 Å². The molecule has 0 fully saturated rings. The lowest BCUT2D eigenvalue weighted by atomic mass is 10.0. The highest BCUT2D eigenvalue weighted by atomic mass is 35.5. The van der Waals surface area contributed by atoms with E-state index >= 15 is 0 Å². The molecule has 3 N–H and O–H groups in total. The third-order valence-corrected chi connectivity index (χ3v) is 3.54. The number of amides is 1. The maximum absolute atomic E-state index is 12.1. The Morgan fingerprint density at radius 3 is 2.67 bits per heavy atom. The Kier molecular flexibility index (Phi) is 7.54. The fourth-order valence-electron chi connectivity index (χ4n) is 1.99. The second kappa shape index (κ2) is 8.90. The smallest absolute Gasteiger partial charge is 0.227 e. The molecule has 2 unspecified atom stereocenters. The molecule has 1 aromatic carbocycles. The van der Waals surface area contributed by atoms with Crippen LogP contribution < -0.4 is 15.8 Å². The zero-order chi connectivity index (χ0) is 15.8. The summed E-state index contributed by atoms with van der Waals surface area (Å²) in [6, 6.07) is 5.45. The Morgan fingerprint density at radius 2 is 2.10 bits per heavy atom. The molecule has 4 nitrogen and oxygen atoms in total. The first kappa shape index (κ1) is 17.8. The van der Waals surface area contributed by atoms with Crippen LogP contribution in [-0.2, 0) is 4.79 Å². The maximum Gasteiger partial charge on any atom is 0.227 e. The standard InChI is InChI=1S/C16H25ClN2O2/c1-4-21-15-9-8-13(10-14(15)17)19-16(20)11(2)6-5-7-12(3)18/h8-12H,4-7,18H2,1-3H3,(H,19,20). The molecule has 0 spiro atoms. The van der Waals surface area contributed by atoms with Gasteiger partial charge in [0, 0.05) is 17.6 Å². The lowest BCUT2D eigenvalue weighted by Gasteiger charge is -2.14. The fourth-order valence-corrected chi connectivity index (χ4v) is 2.23. The van der Waals surface area contributed by atoms with Gasteiger partial charge in [0.2, 0.25) is 5.91 Å². The zero-order valence-electron chi connectivity index (χ0n) is 13.0. The Morgan fingerprint density at radius 1 is 1.38 bits per heavy atom. The van der Waals surface area contributed by atoms with Crippen LogP contribution in [0, 0.1) is 5.92 Å². The van der Waals surface area contributed by atoms with E-state index in [1.165, 1.54) is 0 Å². The lowest BCUT2D eigenvalue weighted by Crippen LogP contribution is -2.21. The van der Waals surface area contributed by atoms with E-state index in [0.29, 0.717) is 23.1 Å². The molecule has 118 valence electrons. The second-order valence-electron chi connectivity index (χ2n) is 5.38. The van der Waals surface area contributed by atoms with Crippen molar-refractivity contribution in [2.24, 2.45) is 11.7 Å². The van der Waals surface area contributed by atoms with Gasteiger partial charge in [0.25, 0.3) is 0 Å². The van der Waals surface area contributed by atoms with Crippen LogP contribution in [0.4, 0.5) is 5.69 Å². The number of halogens is 1. The summed E-state index contributed by atoms with van der Waals surface area (Å²) < 4.78 is 5.36. The average Bonchev–Trinajstić information content (AvgIpc) is 2.41. The van der Waals surface area contributed by atoms with E-state index in [1.54, 1.807) is 18.2 Å². The molecule has 2 atom stereocenters. The summed E-state index contributed by atoms with van der Waals surface area (Å²) in [6.45, 7) is 6.36. The van der Waals surface area contributed by atoms with Crippen LogP contribution in [0.25, 0.3) is 0 Å². The number of hydrogen-bond acceptors (Lipinski definition) is 3. The van der Waals surface area contributed by atoms with Crippen LogP contribution in [0.3, 0.4) is 0 Å². The van der Waals surface area contributed by atoms with Crippen molar-refractivity contribution in [3.05, 3.63) is 23.2 Å². The normalized spacial score (nSPS) is 13.6. The third-order valence-electron chi connectivity index (χ3n) is 3.24. The number of benzene rings is 1. The minimum atomic E-state index is -0.0471. The van der Waals surface area contributed by atoms with Gasteiger partial charge in [0.1, 0.15) is 5.75 Å². The summed E-state index contributed by atoms with van der Waals surface area (Å²) in [7, 11) is 0. The molecule has 0 aromatic heterocycles. The summed E-state index contributed by atoms with van der Waals surface area (Å²) >= 11 is 6.10. The summed E-state index contributed by atoms with van der Waals surface area (Å²) in [5.41, 5.74) is 6.39. The Balaban J connectivity index is 2.52. The van der Waals surface area contributed by atoms with Crippen molar-refractivity contribution in [3.8, 4) is 5.75 Å². The first-order valence-corrected chi connectivity index (χ1v) is 7.80. The molecule has 1 aromatic rings. The Bertz CT molecular complexity index is 464. The van der Waals surface area contributed by atoms with Crippen molar-refractivity contribution in [1.82, 2.24) is 0 Å². The van der Waals surface area contributed by atoms with Crippen molar-refractivity contribution >= 4 is 23.2 Å². The van der Waals surface area contributed by atoms with E-state index in [-0.39, 0.29) is 17.9 Å². The van der Waals surface area contributed by atoms with Crippen LogP contribution in [-0.4, -0.2) is 18.6 Å². The van der Waals surface area contributed by atoms with Crippen LogP contribution in [0.15, 0.2) is 18.2 Å². The van der Waals surface area contributed by atoms with Crippen molar-refractivity contribution in [2.75, 3.05) is 11.9 Å². The van der Waals surface area contributed by atoms with Gasteiger partial charge in [-0.1, -0.05) is 24.9 Å². The molecule has 0 aliphatic heterocycles. The number of hydrogen-bond donors (Lipinski definition) is 2. The van der Waals surface area contributed by atoms with Crippen LogP contribution >= 0.6 is 11.6 Å². The maximum atomic E-state index is 12.1. The molecule has 0 aliphatic rings. The van der Waals surface area contributed by atoms with Gasteiger partial charge in [0.15, 0.2) is 0 Å². The summed E-state index contributed by atoms with van der Waals surface area (Å²) in [4.78, 5) is 12.1. The monoisotopic (exact) mass is 312 g/mol. The Labute approximate surface area is 132 Å². The quantitative estimate of drug-likeness (QED) is 0.766. The van der Waals surface area contributed by atoms with Gasteiger partial charge >= 0.3 is 0 Å². The molecule has 0 heterocycles. The highest BCUT2D eigenvalue weighted by Gasteiger charge is 2.13. The first-order chi connectivity index (χ1) is 9.93. The molecular weight excluding hydrogens is 288 g/mol. The predicted molar refractivity (Wildman–Crippen MR) is 87.9 cm³/mol. The molecule has 0 saturated carbocycles. The number of rotatable bonds is 8. The minimum absolute atomic E-state index is 0.0000916. The van der Waals surface area contributed by atoms with Crippen LogP contribution in [0.5, 0.6) is 5.75 Å². The SMILES string of the molecule is CCOc1ccc(NC(=O)C(C)CCCC(C)N)cc1Cl. The molecule has 1 amide bonds. The van der Waals surface area contributed by atoms with Gasteiger partial charge in [0.05, 0.1) is 11.6 Å².